The van der Waals surface area contributed by atoms with Crippen molar-refractivity contribution in [1.29, 1.82) is 5.26 Å². The maximum absolute atomic E-state index is 12.1. The number of aromatic nitrogens is 1. The standard InChI is InChI=1S/C18H13N3O3/c19-10-14(17(22)20-11-12-4-2-1-3-5-12)8-13-6-7-15-16(9-13)24-18(23)21-15/h1-9H,11H2,(H,20,22)(H,21,23). The summed E-state index contributed by atoms with van der Waals surface area (Å²) in [5, 5.41) is 11.9. The second kappa shape index (κ2) is 6.67. The van der Waals surface area contributed by atoms with E-state index in [4.69, 9.17) is 4.42 Å². The van der Waals surface area contributed by atoms with Gasteiger partial charge in [0.1, 0.15) is 11.6 Å². The predicted octanol–water partition coefficient (Wildman–Crippen LogP) is 2.34. The summed E-state index contributed by atoms with van der Waals surface area (Å²) >= 11 is 0. The van der Waals surface area contributed by atoms with E-state index in [0.29, 0.717) is 23.2 Å². The van der Waals surface area contributed by atoms with Crippen LogP contribution in [0.2, 0.25) is 0 Å². The largest absolute Gasteiger partial charge is 0.417 e. The Hall–Kier alpha value is -3.59. The Balaban J connectivity index is 1.78. The van der Waals surface area contributed by atoms with Gasteiger partial charge >= 0.3 is 5.76 Å². The van der Waals surface area contributed by atoms with Gasteiger partial charge in [0, 0.05) is 6.54 Å². The van der Waals surface area contributed by atoms with Crippen LogP contribution in [0.3, 0.4) is 0 Å². The fourth-order valence-corrected chi connectivity index (χ4v) is 2.24. The molecule has 1 aromatic heterocycles. The van der Waals surface area contributed by atoms with E-state index in [1.807, 2.05) is 36.4 Å². The molecule has 0 saturated carbocycles. The van der Waals surface area contributed by atoms with Gasteiger partial charge in [-0.3, -0.25) is 9.78 Å². The van der Waals surface area contributed by atoms with Gasteiger partial charge in [-0.25, -0.2) is 4.79 Å². The molecule has 1 heterocycles. The topological polar surface area (TPSA) is 98.9 Å². The maximum atomic E-state index is 12.1. The highest BCUT2D eigenvalue weighted by Crippen LogP contribution is 2.15. The minimum Gasteiger partial charge on any atom is -0.408 e. The molecule has 1 amide bonds. The van der Waals surface area contributed by atoms with Gasteiger partial charge in [0.05, 0.1) is 5.52 Å². The van der Waals surface area contributed by atoms with E-state index in [0.717, 1.165) is 5.56 Å². The molecule has 0 spiro atoms. The molecule has 0 aliphatic rings. The van der Waals surface area contributed by atoms with Crippen molar-refractivity contribution in [2.45, 2.75) is 6.54 Å². The number of hydrogen-bond donors (Lipinski definition) is 2. The molecule has 24 heavy (non-hydrogen) atoms. The number of carbonyl (C=O) groups excluding carboxylic acids is 1. The first kappa shape index (κ1) is 15.3. The molecule has 118 valence electrons. The Kier molecular flexibility index (Phi) is 4.25. The molecule has 3 rings (SSSR count). The van der Waals surface area contributed by atoms with Crippen molar-refractivity contribution in [3.8, 4) is 6.07 Å². The number of nitrogens with zero attached hydrogens (tertiary/aromatic N) is 1. The smallest absolute Gasteiger partial charge is 0.408 e. The van der Waals surface area contributed by atoms with E-state index in [-0.39, 0.29) is 5.57 Å². The van der Waals surface area contributed by atoms with Crippen LogP contribution in [0.1, 0.15) is 11.1 Å². The molecule has 6 nitrogen and oxygen atoms in total. The van der Waals surface area contributed by atoms with Crippen LogP contribution in [0.25, 0.3) is 17.2 Å². The summed E-state index contributed by atoms with van der Waals surface area (Å²) < 4.78 is 4.97. The van der Waals surface area contributed by atoms with Gasteiger partial charge < -0.3 is 9.73 Å². The van der Waals surface area contributed by atoms with Gasteiger partial charge in [0.25, 0.3) is 5.91 Å². The number of H-pyrrole nitrogens is 1. The fraction of sp³-hybridized carbons (Fsp3) is 0.0556. The Bertz CT molecular complexity index is 1010. The monoisotopic (exact) mass is 319 g/mol. The molecule has 0 aliphatic carbocycles. The van der Waals surface area contributed by atoms with E-state index in [1.165, 1.54) is 6.08 Å². The quantitative estimate of drug-likeness (QED) is 0.569. The first-order chi connectivity index (χ1) is 11.7. The lowest BCUT2D eigenvalue weighted by atomic mass is 10.1. The van der Waals surface area contributed by atoms with Crippen molar-refractivity contribution in [3.05, 3.63) is 75.8 Å². The minimum atomic E-state index is -0.549. The SMILES string of the molecule is N#CC(=Cc1ccc2[nH]c(=O)oc2c1)C(=O)NCc1ccccc1. The summed E-state index contributed by atoms with van der Waals surface area (Å²) in [6, 6.07) is 16.2. The molecule has 6 heteroatoms. The first-order valence-corrected chi connectivity index (χ1v) is 7.22. The fourth-order valence-electron chi connectivity index (χ4n) is 2.24. The summed E-state index contributed by atoms with van der Waals surface area (Å²) in [5.74, 6) is -1.01. The third kappa shape index (κ3) is 3.42. The summed E-state index contributed by atoms with van der Waals surface area (Å²) in [5.41, 5.74) is 2.44. The maximum Gasteiger partial charge on any atom is 0.417 e. The molecule has 0 unspecified atom stereocenters. The number of nitriles is 1. The highest BCUT2D eigenvalue weighted by atomic mass is 16.4. The van der Waals surface area contributed by atoms with Crippen LogP contribution < -0.4 is 11.1 Å². The lowest BCUT2D eigenvalue weighted by Gasteiger charge is -2.04. The number of aromatic amines is 1. The normalized spacial score (nSPS) is 11.2. The van der Waals surface area contributed by atoms with Crippen molar-refractivity contribution in [2.24, 2.45) is 0 Å². The number of hydrogen-bond acceptors (Lipinski definition) is 4. The Morgan fingerprint density at radius 3 is 2.79 bits per heavy atom. The van der Waals surface area contributed by atoms with Gasteiger partial charge in [0.15, 0.2) is 5.58 Å². The number of benzene rings is 2. The molecule has 0 atom stereocenters. The van der Waals surface area contributed by atoms with Crippen molar-refractivity contribution in [1.82, 2.24) is 10.3 Å². The zero-order chi connectivity index (χ0) is 16.9. The van der Waals surface area contributed by atoms with Crippen LogP contribution in [0, 0.1) is 11.3 Å². The first-order valence-electron chi connectivity index (χ1n) is 7.22. The molecule has 0 radical (unpaired) electrons. The van der Waals surface area contributed by atoms with Crippen molar-refractivity contribution in [2.75, 3.05) is 0 Å². The van der Waals surface area contributed by atoms with Gasteiger partial charge in [-0.15, -0.1) is 0 Å². The lowest BCUT2D eigenvalue weighted by Crippen LogP contribution is -2.23. The predicted molar refractivity (Wildman–Crippen MR) is 88.7 cm³/mol. The van der Waals surface area contributed by atoms with E-state index < -0.39 is 11.7 Å². The summed E-state index contributed by atoms with van der Waals surface area (Å²) in [6.07, 6.45) is 1.45. The van der Waals surface area contributed by atoms with Crippen LogP contribution in [0.5, 0.6) is 0 Å². The second-order valence-electron chi connectivity index (χ2n) is 5.11. The van der Waals surface area contributed by atoms with E-state index in [2.05, 4.69) is 10.3 Å². The van der Waals surface area contributed by atoms with Crippen molar-refractivity contribution >= 4 is 23.1 Å². The number of rotatable bonds is 4. The van der Waals surface area contributed by atoms with Crippen molar-refractivity contribution in [3.63, 3.8) is 0 Å². The molecule has 0 aliphatic heterocycles. The number of oxazole rings is 1. The average Bonchev–Trinajstić information content (AvgIpc) is 2.97. The molecular weight excluding hydrogens is 306 g/mol. The zero-order valence-electron chi connectivity index (χ0n) is 12.6. The molecule has 3 aromatic rings. The lowest BCUT2D eigenvalue weighted by molar-refractivity contribution is -0.117. The van der Waals surface area contributed by atoms with Gasteiger partial charge in [-0.05, 0) is 29.3 Å². The van der Waals surface area contributed by atoms with Gasteiger partial charge in [-0.2, -0.15) is 5.26 Å². The highest BCUT2D eigenvalue weighted by molar-refractivity contribution is 6.01. The third-order valence-corrected chi connectivity index (χ3v) is 3.42. The van der Waals surface area contributed by atoms with Crippen molar-refractivity contribution < 1.29 is 9.21 Å². The Labute approximate surface area is 137 Å². The van der Waals surface area contributed by atoms with E-state index >= 15 is 0 Å². The number of carbonyl (C=O) groups is 1. The zero-order valence-corrected chi connectivity index (χ0v) is 12.6. The van der Waals surface area contributed by atoms with E-state index in [9.17, 15) is 14.9 Å². The summed E-state index contributed by atoms with van der Waals surface area (Å²) in [4.78, 5) is 25.8. The number of fused-ring (bicyclic) bond motifs is 1. The van der Waals surface area contributed by atoms with E-state index in [1.54, 1.807) is 18.2 Å². The highest BCUT2D eigenvalue weighted by Gasteiger charge is 2.09. The number of amides is 1. The Morgan fingerprint density at radius 1 is 1.25 bits per heavy atom. The molecular formula is C18H13N3O3. The molecule has 2 N–H and O–H groups in total. The third-order valence-electron chi connectivity index (χ3n) is 3.42. The molecule has 0 fully saturated rings. The second-order valence-corrected chi connectivity index (χ2v) is 5.11. The van der Waals surface area contributed by atoms with Gasteiger partial charge in [-0.1, -0.05) is 36.4 Å². The average molecular weight is 319 g/mol. The molecule has 0 saturated heterocycles. The van der Waals surface area contributed by atoms with Crippen LogP contribution in [0.15, 0.2) is 63.3 Å². The van der Waals surface area contributed by atoms with Crippen LogP contribution in [-0.4, -0.2) is 10.9 Å². The summed E-state index contributed by atoms with van der Waals surface area (Å²) in [6.45, 7) is 0.338. The minimum absolute atomic E-state index is 0.0248. The van der Waals surface area contributed by atoms with Crippen LogP contribution in [-0.2, 0) is 11.3 Å². The molecule has 2 aromatic carbocycles. The Morgan fingerprint density at radius 2 is 2.04 bits per heavy atom. The number of nitrogens with one attached hydrogen (secondary N) is 2. The van der Waals surface area contributed by atoms with Gasteiger partial charge in [0.2, 0.25) is 0 Å². The van der Waals surface area contributed by atoms with Crippen LogP contribution in [0.4, 0.5) is 0 Å². The van der Waals surface area contributed by atoms with Crippen LogP contribution >= 0.6 is 0 Å². The summed E-state index contributed by atoms with van der Waals surface area (Å²) in [7, 11) is 0. The molecule has 0 bridgehead atoms.